The number of hydrogen-bond donors (Lipinski definition) is 1. The summed E-state index contributed by atoms with van der Waals surface area (Å²) in [4.78, 5) is 14.3. The highest BCUT2D eigenvalue weighted by Crippen LogP contribution is 2.24. The number of likely N-dealkylation sites (tertiary alicyclic amines) is 1. The van der Waals surface area contributed by atoms with Crippen molar-refractivity contribution in [2.45, 2.75) is 77.7 Å². The van der Waals surface area contributed by atoms with E-state index in [0.717, 1.165) is 32.0 Å². The maximum absolute atomic E-state index is 12.2. The van der Waals surface area contributed by atoms with Gasteiger partial charge in [-0.25, -0.2) is 0 Å². The molecule has 3 nitrogen and oxygen atoms in total. The largest absolute Gasteiger partial charge is 0.341 e. The van der Waals surface area contributed by atoms with Gasteiger partial charge in [0, 0.05) is 25.6 Å². The van der Waals surface area contributed by atoms with Gasteiger partial charge < -0.3 is 10.2 Å². The van der Waals surface area contributed by atoms with Crippen LogP contribution in [0.5, 0.6) is 0 Å². The molecule has 3 heteroatoms. The average Bonchev–Trinajstić information content (AvgIpc) is 2.54. The fraction of sp³-hybridized carbons (Fsp3) is 0.944. The lowest BCUT2D eigenvalue weighted by Crippen LogP contribution is -2.52. The van der Waals surface area contributed by atoms with Crippen molar-refractivity contribution in [3.05, 3.63) is 0 Å². The molecule has 2 aliphatic rings. The van der Waals surface area contributed by atoms with Gasteiger partial charge in [0.15, 0.2) is 0 Å². The van der Waals surface area contributed by atoms with Crippen molar-refractivity contribution in [2.75, 3.05) is 19.6 Å². The van der Waals surface area contributed by atoms with E-state index in [1.807, 2.05) is 0 Å². The Kier molecular flexibility index (Phi) is 7.01. The van der Waals surface area contributed by atoms with E-state index in [1.165, 1.54) is 44.9 Å². The van der Waals surface area contributed by atoms with Crippen LogP contribution in [0.3, 0.4) is 0 Å². The van der Waals surface area contributed by atoms with Crippen molar-refractivity contribution in [1.29, 1.82) is 0 Å². The highest BCUT2D eigenvalue weighted by atomic mass is 16.2. The topological polar surface area (TPSA) is 32.3 Å². The molecule has 0 radical (unpaired) electrons. The van der Waals surface area contributed by atoms with Crippen LogP contribution in [0.1, 0.15) is 71.6 Å². The van der Waals surface area contributed by atoms with Crippen LogP contribution in [0.4, 0.5) is 0 Å². The fourth-order valence-electron chi connectivity index (χ4n) is 3.95. The Morgan fingerprint density at radius 2 is 1.86 bits per heavy atom. The molecule has 1 aliphatic carbocycles. The Morgan fingerprint density at radius 1 is 1.10 bits per heavy atom. The Bertz CT molecular complexity index is 312. The summed E-state index contributed by atoms with van der Waals surface area (Å²) in [5.41, 5.74) is 0. The standard InChI is InChI=1S/C18H34N2O/c1-3-8-18(21)20-13-15(4-2)11-17(14-20)19-12-16-9-6-5-7-10-16/h15-17,19H,3-14H2,1-2H3. The molecule has 0 aromatic rings. The third-order valence-corrected chi connectivity index (χ3v) is 5.35. The monoisotopic (exact) mass is 294 g/mol. The van der Waals surface area contributed by atoms with Crippen LogP contribution >= 0.6 is 0 Å². The third-order valence-electron chi connectivity index (χ3n) is 5.35. The van der Waals surface area contributed by atoms with Gasteiger partial charge in [0.1, 0.15) is 0 Å². The van der Waals surface area contributed by atoms with Crippen molar-refractivity contribution in [2.24, 2.45) is 11.8 Å². The summed E-state index contributed by atoms with van der Waals surface area (Å²) < 4.78 is 0. The molecule has 2 fully saturated rings. The van der Waals surface area contributed by atoms with E-state index in [2.05, 4.69) is 24.1 Å². The predicted octanol–water partition coefficient (Wildman–Crippen LogP) is 3.58. The molecule has 0 spiro atoms. The van der Waals surface area contributed by atoms with E-state index >= 15 is 0 Å². The van der Waals surface area contributed by atoms with E-state index in [4.69, 9.17) is 0 Å². The Morgan fingerprint density at radius 3 is 2.52 bits per heavy atom. The first-order chi connectivity index (χ1) is 10.2. The van der Waals surface area contributed by atoms with Gasteiger partial charge in [-0.2, -0.15) is 0 Å². The van der Waals surface area contributed by atoms with Crippen molar-refractivity contribution < 1.29 is 4.79 Å². The van der Waals surface area contributed by atoms with Crippen LogP contribution in [0, 0.1) is 11.8 Å². The summed E-state index contributed by atoms with van der Waals surface area (Å²) in [5.74, 6) is 1.92. The first-order valence-electron chi connectivity index (χ1n) is 9.24. The molecule has 1 saturated carbocycles. The maximum Gasteiger partial charge on any atom is 0.222 e. The van der Waals surface area contributed by atoms with Gasteiger partial charge in [0.2, 0.25) is 5.91 Å². The lowest BCUT2D eigenvalue weighted by atomic mass is 9.88. The van der Waals surface area contributed by atoms with Crippen molar-refractivity contribution in [3.63, 3.8) is 0 Å². The van der Waals surface area contributed by atoms with Gasteiger partial charge in [-0.05, 0) is 44.1 Å². The van der Waals surface area contributed by atoms with Crippen molar-refractivity contribution >= 4 is 5.91 Å². The van der Waals surface area contributed by atoms with E-state index in [1.54, 1.807) is 0 Å². The number of carbonyl (C=O) groups is 1. The smallest absolute Gasteiger partial charge is 0.222 e. The van der Waals surface area contributed by atoms with Crippen LogP contribution in [0.2, 0.25) is 0 Å². The second-order valence-corrected chi connectivity index (χ2v) is 7.17. The quantitative estimate of drug-likeness (QED) is 0.812. The SMILES string of the molecule is CCCC(=O)N1CC(CC)CC(NCC2CCCCC2)C1. The van der Waals surface area contributed by atoms with Gasteiger partial charge >= 0.3 is 0 Å². The maximum atomic E-state index is 12.2. The first-order valence-corrected chi connectivity index (χ1v) is 9.24. The van der Waals surface area contributed by atoms with E-state index in [0.29, 0.717) is 24.3 Å². The number of rotatable bonds is 6. The van der Waals surface area contributed by atoms with Gasteiger partial charge in [-0.15, -0.1) is 0 Å². The van der Waals surface area contributed by atoms with Crippen LogP contribution in [-0.2, 0) is 4.79 Å². The van der Waals surface area contributed by atoms with E-state index < -0.39 is 0 Å². The number of amides is 1. The van der Waals surface area contributed by atoms with Crippen LogP contribution in [0.25, 0.3) is 0 Å². The molecule has 1 N–H and O–H groups in total. The number of nitrogens with zero attached hydrogens (tertiary/aromatic N) is 1. The molecular weight excluding hydrogens is 260 g/mol. The van der Waals surface area contributed by atoms with E-state index in [-0.39, 0.29) is 0 Å². The molecule has 2 atom stereocenters. The molecule has 1 aliphatic heterocycles. The van der Waals surface area contributed by atoms with Crippen LogP contribution in [0.15, 0.2) is 0 Å². The summed E-state index contributed by atoms with van der Waals surface area (Å²) >= 11 is 0. The summed E-state index contributed by atoms with van der Waals surface area (Å²) in [6.07, 6.45) is 11.2. The normalized spacial score (nSPS) is 27.8. The minimum Gasteiger partial charge on any atom is -0.341 e. The zero-order valence-electron chi connectivity index (χ0n) is 14.1. The third kappa shape index (κ3) is 5.28. The zero-order valence-corrected chi connectivity index (χ0v) is 14.1. The Labute approximate surface area is 130 Å². The Balaban J connectivity index is 1.81. The minimum absolute atomic E-state index is 0.361. The molecule has 1 saturated heterocycles. The lowest BCUT2D eigenvalue weighted by molar-refractivity contribution is -0.133. The molecule has 0 aromatic heterocycles. The molecule has 21 heavy (non-hydrogen) atoms. The summed E-state index contributed by atoms with van der Waals surface area (Å²) in [6, 6.07) is 0.520. The molecule has 1 amide bonds. The van der Waals surface area contributed by atoms with Gasteiger partial charge in [-0.3, -0.25) is 4.79 Å². The molecule has 122 valence electrons. The Hall–Kier alpha value is -0.570. The predicted molar refractivity (Wildman–Crippen MR) is 88.3 cm³/mol. The van der Waals surface area contributed by atoms with Gasteiger partial charge in [0.05, 0.1) is 0 Å². The second kappa shape index (κ2) is 8.77. The minimum atomic E-state index is 0.361. The van der Waals surface area contributed by atoms with Crippen molar-refractivity contribution in [1.82, 2.24) is 10.2 Å². The van der Waals surface area contributed by atoms with E-state index in [9.17, 15) is 4.79 Å². The number of hydrogen-bond acceptors (Lipinski definition) is 2. The molecule has 2 rings (SSSR count). The zero-order chi connectivity index (χ0) is 15.1. The average molecular weight is 294 g/mol. The van der Waals surface area contributed by atoms with Crippen molar-refractivity contribution in [3.8, 4) is 0 Å². The second-order valence-electron chi connectivity index (χ2n) is 7.17. The number of nitrogens with one attached hydrogen (secondary N) is 1. The van der Waals surface area contributed by atoms with Gasteiger partial charge in [0.25, 0.3) is 0 Å². The molecule has 0 aromatic carbocycles. The fourth-order valence-corrected chi connectivity index (χ4v) is 3.95. The summed E-state index contributed by atoms with van der Waals surface area (Å²) in [7, 11) is 0. The van der Waals surface area contributed by atoms with Gasteiger partial charge in [-0.1, -0.05) is 39.5 Å². The molecule has 1 heterocycles. The molecule has 0 bridgehead atoms. The summed E-state index contributed by atoms with van der Waals surface area (Å²) in [5, 5.41) is 3.79. The molecular formula is C18H34N2O. The highest BCUT2D eigenvalue weighted by molar-refractivity contribution is 5.76. The summed E-state index contributed by atoms with van der Waals surface area (Å²) in [6.45, 7) is 7.44. The first kappa shape index (κ1) is 16.8. The molecule has 2 unspecified atom stereocenters. The number of piperidine rings is 1. The lowest BCUT2D eigenvalue weighted by Gasteiger charge is -2.39. The van der Waals surface area contributed by atoms with Crippen LogP contribution < -0.4 is 5.32 Å². The highest BCUT2D eigenvalue weighted by Gasteiger charge is 2.29. The van der Waals surface area contributed by atoms with Crippen LogP contribution in [-0.4, -0.2) is 36.5 Å². The number of carbonyl (C=O) groups excluding carboxylic acids is 1.